The van der Waals surface area contributed by atoms with Gasteiger partial charge >= 0.3 is 17.9 Å². The minimum absolute atomic E-state index is 0.0765. The molecule has 0 saturated carbocycles. The summed E-state index contributed by atoms with van der Waals surface area (Å²) in [5, 5.41) is 38.1. The highest BCUT2D eigenvalue weighted by molar-refractivity contribution is 5.88. The van der Waals surface area contributed by atoms with Crippen LogP contribution in [0.4, 0.5) is 0 Å². The third kappa shape index (κ3) is 5.57. The Hall–Kier alpha value is -1.74. The fraction of sp³-hybridized carbons (Fsp3) is 0.571. The number of rotatable bonds is 9. The van der Waals surface area contributed by atoms with Crippen LogP contribution in [0.1, 0.15) is 20.3 Å². The Balaban J connectivity index is 5.48. The van der Waals surface area contributed by atoms with Crippen molar-refractivity contribution in [3.8, 4) is 0 Å². The average Bonchev–Trinajstić information content (AvgIpc) is 2.44. The third-order valence-electron chi connectivity index (χ3n) is 2.81. The van der Waals surface area contributed by atoms with Gasteiger partial charge in [-0.15, -0.1) is 0 Å². The first-order valence-electron chi connectivity index (χ1n) is 6.37. The predicted octanol–water partition coefficient (Wildman–Crippen LogP) is -0.776. The van der Waals surface area contributed by atoms with E-state index in [-0.39, 0.29) is 11.1 Å². The van der Waals surface area contributed by atoms with Gasteiger partial charge in [0, 0.05) is 16.6 Å². The van der Waals surface area contributed by atoms with E-state index in [1.807, 2.05) is 0 Å². The minimum atomic E-state index is -2.81. The largest absolute Gasteiger partial charge is 0.396 e. The van der Waals surface area contributed by atoms with Crippen LogP contribution in [0.2, 0.25) is 0 Å². The van der Waals surface area contributed by atoms with Crippen molar-refractivity contribution in [3.63, 3.8) is 0 Å². The van der Waals surface area contributed by atoms with Gasteiger partial charge in [-0.05, 0) is 13.8 Å². The molecule has 0 saturated heterocycles. The number of aliphatic hydroxyl groups is 4. The zero-order valence-electron chi connectivity index (χ0n) is 12.7. The van der Waals surface area contributed by atoms with Crippen molar-refractivity contribution in [2.75, 3.05) is 19.8 Å². The maximum Gasteiger partial charge on any atom is 0.374 e. The van der Waals surface area contributed by atoms with E-state index in [4.69, 9.17) is 0 Å². The first-order chi connectivity index (χ1) is 10.0. The lowest BCUT2D eigenvalue weighted by molar-refractivity contribution is -0.338. The molecule has 0 spiro atoms. The van der Waals surface area contributed by atoms with Gasteiger partial charge in [0.05, 0.1) is 26.2 Å². The molecular weight excluding hydrogens is 296 g/mol. The van der Waals surface area contributed by atoms with E-state index >= 15 is 0 Å². The quantitative estimate of drug-likeness (QED) is 0.247. The van der Waals surface area contributed by atoms with Crippen molar-refractivity contribution in [1.29, 1.82) is 0 Å². The summed E-state index contributed by atoms with van der Waals surface area (Å²) in [5.74, 6) is -4.92. The smallest absolute Gasteiger partial charge is 0.374 e. The molecule has 22 heavy (non-hydrogen) atoms. The number of esters is 2. The van der Waals surface area contributed by atoms with Gasteiger partial charge in [-0.25, -0.2) is 9.59 Å². The number of aliphatic hydroxyl groups excluding tert-OH is 3. The molecule has 0 heterocycles. The normalized spacial score (nSPS) is 11.7. The molecule has 8 nitrogen and oxygen atoms in total. The van der Waals surface area contributed by atoms with Gasteiger partial charge in [-0.3, -0.25) is 0 Å². The molecular formula is C14H22O8. The third-order valence-corrected chi connectivity index (χ3v) is 2.81. The van der Waals surface area contributed by atoms with Gasteiger partial charge in [0.2, 0.25) is 0 Å². The monoisotopic (exact) mass is 318 g/mol. The molecule has 8 heteroatoms. The molecule has 0 bridgehead atoms. The van der Waals surface area contributed by atoms with Gasteiger partial charge in [-0.2, -0.15) is 0 Å². The maximum absolute atomic E-state index is 11.6. The van der Waals surface area contributed by atoms with E-state index in [9.17, 15) is 30.0 Å². The SMILES string of the molecule is C=C(C)C(=O)OC(O)(CC(CO)(CO)CO)OC(=O)C(=C)C. The number of carbonyl (C=O) groups excluding carboxylic acids is 2. The predicted molar refractivity (Wildman–Crippen MR) is 75.1 cm³/mol. The van der Waals surface area contributed by atoms with E-state index in [1.54, 1.807) is 0 Å². The summed E-state index contributed by atoms with van der Waals surface area (Å²) >= 11 is 0. The van der Waals surface area contributed by atoms with Gasteiger partial charge in [0.25, 0.3) is 0 Å². The Bertz CT molecular complexity index is 413. The van der Waals surface area contributed by atoms with Crippen LogP contribution in [0.15, 0.2) is 24.3 Å². The van der Waals surface area contributed by atoms with Crippen molar-refractivity contribution >= 4 is 11.9 Å². The first-order valence-corrected chi connectivity index (χ1v) is 6.37. The number of carbonyl (C=O) groups is 2. The highest BCUT2D eigenvalue weighted by Crippen LogP contribution is 2.31. The highest BCUT2D eigenvalue weighted by atomic mass is 16.8. The number of ether oxygens (including phenoxy) is 2. The molecule has 0 aliphatic carbocycles. The molecule has 0 radical (unpaired) electrons. The Morgan fingerprint density at radius 3 is 1.45 bits per heavy atom. The topological polar surface area (TPSA) is 134 Å². The maximum atomic E-state index is 11.6. The van der Waals surface area contributed by atoms with Crippen LogP contribution in [0.3, 0.4) is 0 Å². The summed E-state index contributed by atoms with van der Waals surface area (Å²) in [6.45, 7) is 6.99. The molecule has 0 aromatic heterocycles. The Kier molecular flexibility index (Phi) is 7.41. The summed E-state index contributed by atoms with van der Waals surface area (Å²) in [6.07, 6.45) is -0.748. The lowest BCUT2D eigenvalue weighted by Crippen LogP contribution is -2.49. The summed E-state index contributed by atoms with van der Waals surface area (Å²) in [6, 6.07) is 0. The van der Waals surface area contributed by atoms with E-state index < -0.39 is 49.6 Å². The van der Waals surface area contributed by atoms with Crippen molar-refractivity contribution in [1.82, 2.24) is 0 Å². The van der Waals surface area contributed by atoms with E-state index in [0.29, 0.717) is 0 Å². The molecule has 0 unspecified atom stereocenters. The van der Waals surface area contributed by atoms with Crippen LogP contribution in [0.25, 0.3) is 0 Å². The second kappa shape index (κ2) is 8.04. The molecule has 126 valence electrons. The zero-order valence-corrected chi connectivity index (χ0v) is 12.7. The fourth-order valence-corrected chi connectivity index (χ4v) is 1.35. The lowest BCUT2D eigenvalue weighted by Gasteiger charge is -2.35. The Morgan fingerprint density at radius 1 is 0.909 bits per heavy atom. The van der Waals surface area contributed by atoms with Gasteiger partial charge in [0.15, 0.2) is 0 Å². The van der Waals surface area contributed by atoms with E-state index in [0.717, 1.165) is 0 Å². The molecule has 0 aromatic rings. The average molecular weight is 318 g/mol. The van der Waals surface area contributed by atoms with Gasteiger partial charge < -0.3 is 29.9 Å². The molecule has 0 aliphatic rings. The summed E-state index contributed by atoms with van der Waals surface area (Å²) < 4.78 is 9.36. The second-order valence-corrected chi connectivity index (χ2v) is 5.20. The summed E-state index contributed by atoms with van der Waals surface area (Å²) in [5.41, 5.74) is -1.79. The van der Waals surface area contributed by atoms with Crippen molar-refractivity contribution in [2.24, 2.45) is 5.41 Å². The lowest BCUT2D eigenvalue weighted by atomic mass is 9.86. The fourth-order valence-electron chi connectivity index (χ4n) is 1.35. The molecule has 0 amide bonds. The van der Waals surface area contributed by atoms with Crippen LogP contribution < -0.4 is 0 Å². The van der Waals surface area contributed by atoms with Gasteiger partial charge in [-0.1, -0.05) is 13.2 Å². The van der Waals surface area contributed by atoms with Crippen LogP contribution in [-0.4, -0.2) is 58.2 Å². The zero-order chi connectivity index (χ0) is 17.6. The Labute approximate surface area is 128 Å². The molecule has 0 atom stereocenters. The molecule has 0 aromatic carbocycles. The van der Waals surface area contributed by atoms with E-state index in [1.165, 1.54) is 13.8 Å². The van der Waals surface area contributed by atoms with Crippen molar-refractivity contribution in [2.45, 2.75) is 26.2 Å². The van der Waals surface area contributed by atoms with Crippen molar-refractivity contribution < 1.29 is 39.5 Å². The first kappa shape index (κ1) is 20.3. The van der Waals surface area contributed by atoms with E-state index in [2.05, 4.69) is 22.6 Å². The standard InChI is InChI=1S/C14H22O8/c1-9(2)11(18)21-14(20,22-12(19)10(3)4)5-13(6-15,7-16)8-17/h15-17,20H,1,3,5-8H2,2,4H3. The van der Waals surface area contributed by atoms with Gasteiger partial charge in [0.1, 0.15) is 0 Å². The molecule has 4 N–H and O–H groups in total. The number of hydrogen-bond acceptors (Lipinski definition) is 8. The molecule has 0 aliphatic heterocycles. The molecule has 0 rings (SSSR count). The van der Waals surface area contributed by atoms with Crippen LogP contribution >= 0.6 is 0 Å². The Morgan fingerprint density at radius 2 is 1.23 bits per heavy atom. The van der Waals surface area contributed by atoms with Crippen LogP contribution in [-0.2, 0) is 19.1 Å². The number of hydrogen-bond donors (Lipinski definition) is 4. The van der Waals surface area contributed by atoms with Crippen molar-refractivity contribution in [3.05, 3.63) is 24.3 Å². The summed E-state index contributed by atoms with van der Waals surface area (Å²) in [4.78, 5) is 23.2. The minimum Gasteiger partial charge on any atom is -0.396 e. The summed E-state index contributed by atoms with van der Waals surface area (Å²) in [7, 11) is 0. The second-order valence-electron chi connectivity index (χ2n) is 5.20. The molecule has 0 fully saturated rings. The van der Waals surface area contributed by atoms with Crippen LogP contribution in [0, 0.1) is 5.41 Å². The highest BCUT2D eigenvalue weighted by Gasteiger charge is 2.46. The van der Waals surface area contributed by atoms with Crippen LogP contribution in [0.5, 0.6) is 0 Å².